The van der Waals surface area contributed by atoms with E-state index in [2.05, 4.69) is 0 Å². The zero-order valence-electron chi connectivity index (χ0n) is 11.7. The molecule has 0 atom stereocenters. The third-order valence-electron chi connectivity index (χ3n) is 3.11. The number of fused-ring (bicyclic) bond motifs is 2. The topological polar surface area (TPSA) is 77.5 Å². The predicted molar refractivity (Wildman–Crippen MR) is 103 cm³/mol. The van der Waals surface area contributed by atoms with E-state index < -0.39 is 27.9 Å². The fourth-order valence-electron chi connectivity index (χ4n) is 2.13. The van der Waals surface area contributed by atoms with E-state index in [9.17, 15) is 16.8 Å². The first kappa shape index (κ1) is 21.0. The van der Waals surface area contributed by atoms with Gasteiger partial charge in [-0.05, 0) is 0 Å². The summed E-state index contributed by atoms with van der Waals surface area (Å²) in [6.07, 6.45) is 0. The van der Waals surface area contributed by atoms with Crippen molar-refractivity contribution in [3.05, 3.63) is 32.2 Å². The second kappa shape index (κ2) is 6.93. The standard InChI is InChI=1S/C12H2Cl6O5S3/c13-3-1-5-9(7(15)11(3)25(17,19)20)24-10-6(23-5)2-4(14)12(8(10)16)26(18,21)22/h1-2H. The first-order valence-electron chi connectivity index (χ1n) is 6.11. The molecule has 0 spiro atoms. The Labute approximate surface area is 181 Å². The fraction of sp³-hybridized carbons (Fsp3) is 0. The van der Waals surface area contributed by atoms with E-state index in [4.69, 9.17) is 72.5 Å². The summed E-state index contributed by atoms with van der Waals surface area (Å²) in [6, 6.07) is 2.42. The number of hydrogen-bond donors (Lipinski definition) is 0. The lowest BCUT2D eigenvalue weighted by atomic mass is 10.3. The van der Waals surface area contributed by atoms with Gasteiger partial charge < -0.3 is 4.74 Å². The molecule has 0 amide bonds. The van der Waals surface area contributed by atoms with E-state index in [1.54, 1.807) is 0 Å². The van der Waals surface area contributed by atoms with Gasteiger partial charge in [0.1, 0.15) is 21.3 Å². The molecule has 1 aliphatic heterocycles. The van der Waals surface area contributed by atoms with Crippen molar-refractivity contribution in [3.63, 3.8) is 0 Å². The van der Waals surface area contributed by atoms with Gasteiger partial charge >= 0.3 is 0 Å². The lowest BCUT2D eigenvalue weighted by Gasteiger charge is -2.23. The smallest absolute Gasteiger partial charge is 0.264 e. The molecule has 140 valence electrons. The molecule has 1 heterocycles. The Morgan fingerprint density at radius 2 is 1.08 bits per heavy atom. The molecule has 0 N–H and O–H groups in total. The van der Waals surface area contributed by atoms with Gasteiger partial charge in [-0.1, -0.05) is 58.2 Å². The minimum Gasteiger partial charge on any atom is -0.455 e. The van der Waals surface area contributed by atoms with Crippen LogP contribution in [0, 0.1) is 0 Å². The molecule has 0 fully saturated rings. The highest BCUT2D eigenvalue weighted by Gasteiger charge is 2.33. The van der Waals surface area contributed by atoms with E-state index >= 15 is 0 Å². The maximum absolute atomic E-state index is 11.7. The van der Waals surface area contributed by atoms with Crippen LogP contribution in [-0.2, 0) is 18.1 Å². The fourth-order valence-corrected chi connectivity index (χ4v) is 8.23. The summed E-state index contributed by atoms with van der Waals surface area (Å²) in [5.41, 5.74) is 0. The van der Waals surface area contributed by atoms with Gasteiger partial charge in [-0.2, -0.15) is 0 Å². The van der Waals surface area contributed by atoms with Gasteiger partial charge in [-0.3, -0.25) is 0 Å². The molecule has 0 aromatic heterocycles. The zero-order chi connectivity index (χ0) is 19.6. The quantitative estimate of drug-likeness (QED) is 0.353. The van der Waals surface area contributed by atoms with Gasteiger partial charge in [0.25, 0.3) is 18.1 Å². The monoisotopic (exact) mass is 532 g/mol. The first-order valence-corrected chi connectivity index (χ1v) is 13.1. The second-order valence-electron chi connectivity index (χ2n) is 4.74. The van der Waals surface area contributed by atoms with E-state index in [0.717, 1.165) is 11.8 Å². The van der Waals surface area contributed by atoms with Crippen LogP contribution in [-0.4, -0.2) is 16.8 Å². The number of hydrogen-bond acceptors (Lipinski definition) is 6. The molecule has 0 aliphatic carbocycles. The minimum absolute atomic E-state index is 0.121. The van der Waals surface area contributed by atoms with Gasteiger partial charge in [-0.25, -0.2) is 16.8 Å². The van der Waals surface area contributed by atoms with Crippen LogP contribution in [0.5, 0.6) is 11.5 Å². The van der Waals surface area contributed by atoms with E-state index in [0.29, 0.717) is 0 Å². The summed E-state index contributed by atoms with van der Waals surface area (Å²) in [4.78, 5) is -0.748. The van der Waals surface area contributed by atoms with Crippen molar-refractivity contribution in [1.82, 2.24) is 0 Å². The summed E-state index contributed by atoms with van der Waals surface area (Å²) in [5, 5.41) is -1.08. The number of benzene rings is 2. The summed E-state index contributed by atoms with van der Waals surface area (Å²) in [7, 11) is 2.21. The summed E-state index contributed by atoms with van der Waals surface area (Å²) in [5.74, 6) is 0.241. The number of halogens is 6. The van der Waals surface area contributed by atoms with Crippen LogP contribution in [0.2, 0.25) is 20.1 Å². The molecular formula is C12H2Cl6O5S3. The van der Waals surface area contributed by atoms with Crippen LogP contribution in [0.4, 0.5) is 0 Å². The maximum Gasteiger partial charge on any atom is 0.264 e. The number of ether oxygens (including phenoxy) is 1. The average Bonchev–Trinajstić information content (AvgIpc) is 2.42. The van der Waals surface area contributed by atoms with Crippen LogP contribution < -0.4 is 4.74 Å². The third-order valence-corrected chi connectivity index (χ3v) is 9.10. The van der Waals surface area contributed by atoms with Gasteiger partial charge in [0, 0.05) is 33.5 Å². The Bertz CT molecular complexity index is 1090. The highest BCUT2D eigenvalue weighted by molar-refractivity contribution is 8.14. The summed E-state index contributed by atoms with van der Waals surface area (Å²) in [6.45, 7) is 0. The molecule has 26 heavy (non-hydrogen) atoms. The molecule has 0 saturated heterocycles. The van der Waals surface area contributed by atoms with Gasteiger partial charge in [0.05, 0.1) is 29.9 Å². The van der Waals surface area contributed by atoms with Crippen molar-refractivity contribution in [2.45, 2.75) is 19.6 Å². The minimum atomic E-state index is -4.25. The molecular weight excluding hydrogens is 533 g/mol. The van der Waals surface area contributed by atoms with E-state index in [1.807, 2.05) is 0 Å². The Balaban J connectivity index is 2.29. The van der Waals surface area contributed by atoms with Crippen molar-refractivity contribution in [2.24, 2.45) is 0 Å². The van der Waals surface area contributed by atoms with Crippen molar-refractivity contribution in [1.29, 1.82) is 0 Å². The summed E-state index contributed by atoms with van der Waals surface area (Å²) < 4.78 is 52.4. The molecule has 1 aliphatic rings. The lowest BCUT2D eigenvalue weighted by molar-refractivity contribution is 0.453. The van der Waals surface area contributed by atoms with Crippen LogP contribution in [0.3, 0.4) is 0 Å². The lowest BCUT2D eigenvalue weighted by Crippen LogP contribution is -2.03. The largest absolute Gasteiger partial charge is 0.455 e. The van der Waals surface area contributed by atoms with Crippen LogP contribution >= 0.6 is 79.5 Å². The number of rotatable bonds is 2. The van der Waals surface area contributed by atoms with Gasteiger partial charge in [0.15, 0.2) is 0 Å². The highest BCUT2D eigenvalue weighted by atomic mass is 35.7. The third kappa shape index (κ3) is 3.60. The molecule has 0 unspecified atom stereocenters. The first-order chi connectivity index (χ1) is 11.8. The van der Waals surface area contributed by atoms with Crippen molar-refractivity contribution >= 4 is 97.6 Å². The Morgan fingerprint density at radius 3 is 1.38 bits per heavy atom. The zero-order valence-corrected chi connectivity index (χ0v) is 18.7. The SMILES string of the molecule is O=S(=O)(Cl)c1c(Cl)cc2c(c1Cl)Sc1c(cc(Cl)c(S(=O)(=O)Cl)c1Cl)O2. The Kier molecular flexibility index (Phi) is 5.58. The van der Waals surface area contributed by atoms with Crippen molar-refractivity contribution < 1.29 is 21.6 Å². The van der Waals surface area contributed by atoms with Gasteiger partial charge in [0.2, 0.25) is 0 Å². The predicted octanol–water partition coefficient (Wildman–Crippen LogP) is 6.41. The molecule has 0 radical (unpaired) electrons. The highest BCUT2D eigenvalue weighted by Crippen LogP contribution is 2.57. The molecule has 14 heteroatoms. The molecule has 0 saturated carbocycles. The van der Waals surface area contributed by atoms with Crippen LogP contribution in [0.1, 0.15) is 0 Å². The molecule has 5 nitrogen and oxygen atoms in total. The Hall–Kier alpha value is 0.230. The molecule has 3 rings (SSSR count). The average molecular weight is 535 g/mol. The normalized spacial score (nSPS) is 13.8. The van der Waals surface area contributed by atoms with E-state index in [-0.39, 0.29) is 41.4 Å². The van der Waals surface area contributed by atoms with E-state index in [1.165, 1.54) is 12.1 Å². The second-order valence-corrected chi connectivity index (χ2v) is 12.3. The molecule has 2 aromatic carbocycles. The van der Waals surface area contributed by atoms with Crippen molar-refractivity contribution in [3.8, 4) is 11.5 Å². The maximum atomic E-state index is 11.7. The van der Waals surface area contributed by atoms with Crippen LogP contribution in [0.25, 0.3) is 0 Å². The van der Waals surface area contributed by atoms with Crippen molar-refractivity contribution in [2.75, 3.05) is 0 Å². The molecule has 0 bridgehead atoms. The summed E-state index contributed by atoms with van der Waals surface area (Å²) >= 11 is 25.0. The molecule has 2 aromatic rings. The Morgan fingerprint density at radius 1 is 0.731 bits per heavy atom. The van der Waals surface area contributed by atoms with Gasteiger partial charge in [-0.15, -0.1) is 0 Å². The van der Waals surface area contributed by atoms with Crippen LogP contribution in [0.15, 0.2) is 31.7 Å².